The summed E-state index contributed by atoms with van der Waals surface area (Å²) in [6, 6.07) is 15.4. The number of benzene rings is 2. The Labute approximate surface area is 203 Å². The third-order valence-corrected chi connectivity index (χ3v) is 8.39. The SMILES string of the molecule is Cc1ccc(C)c(Cn2nnc3c(=O)[nH]c([C@H]4CCCN(S(=O)(=O)Cc5ccccc5)C4)nc32)c1. The van der Waals surface area contributed by atoms with Gasteiger partial charge in [-0.3, -0.25) is 4.79 Å². The summed E-state index contributed by atoms with van der Waals surface area (Å²) in [5.41, 5.74) is 4.33. The van der Waals surface area contributed by atoms with Gasteiger partial charge in [0.25, 0.3) is 5.56 Å². The highest BCUT2D eigenvalue weighted by Crippen LogP contribution is 2.27. The molecule has 3 heterocycles. The van der Waals surface area contributed by atoms with Crippen LogP contribution in [0.5, 0.6) is 0 Å². The smallest absolute Gasteiger partial charge is 0.281 e. The third kappa shape index (κ3) is 4.89. The Morgan fingerprint density at radius 2 is 1.91 bits per heavy atom. The summed E-state index contributed by atoms with van der Waals surface area (Å²) in [6.07, 6.45) is 1.44. The molecular weight excluding hydrogens is 464 g/mol. The van der Waals surface area contributed by atoms with E-state index in [-0.39, 0.29) is 29.3 Å². The van der Waals surface area contributed by atoms with Crippen LogP contribution in [0.3, 0.4) is 0 Å². The van der Waals surface area contributed by atoms with E-state index in [0.29, 0.717) is 31.0 Å². The van der Waals surface area contributed by atoms with E-state index in [1.165, 1.54) is 4.31 Å². The molecule has 1 atom stereocenters. The monoisotopic (exact) mass is 492 g/mol. The molecule has 0 aliphatic carbocycles. The Morgan fingerprint density at radius 3 is 2.71 bits per heavy atom. The molecule has 4 aromatic rings. The minimum Gasteiger partial charge on any atom is -0.308 e. The van der Waals surface area contributed by atoms with Gasteiger partial charge in [-0.05, 0) is 43.4 Å². The molecule has 5 rings (SSSR count). The third-order valence-electron chi connectivity index (χ3n) is 6.57. The van der Waals surface area contributed by atoms with Crippen molar-refractivity contribution in [3.05, 3.63) is 87.0 Å². The lowest BCUT2D eigenvalue weighted by Gasteiger charge is -2.31. The first-order chi connectivity index (χ1) is 16.8. The lowest BCUT2D eigenvalue weighted by atomic mass is 9.99. The highest BCUT2D eigenvalue weighted by Gasteiger charge is 2.31. The number of aromatic nitrogens is 5. The molecule has 0 saturated carbocycles. The molecule has 10 heteroatoms. The van der Waals surface area contributed by atoms with Crippen LogP contribution in [0.4, 0.5) is 0 Å². The predicted octanol–water partition coefficient (Wildman–Crippen LogP) is 2.89. The zero-order valence-electron chi connectivity index (χ0n) is 19.8. The van der Waals surface area contributed by atoms with Gasteiger partial charge in [-0.2, -0.15) is 0 Å². The first kappa shape index (κ1) is 23.4. The minimum atomic E-state index is -3.49. The van der Waals surface area contributed by atoms with Gasteiger partial charge in [0.15, 0.2) is 11.2 Å². The number of rotatable bonds is 6. The van der Waals surface area contributed by atoms with E-state index in [4.69, 9.17) is 4.98 Å². The van der Waals surface area contributed by atoms with Crippen molar-refractivity contribution in [1.82, 2.24) is 29.3 Å². The number of hydrogen-bond donors (Lipinski definition) is 1. The van der Waals surface area contributed by atoms with Crippen LogP contribution in [0.15, 0.2) is 53.3 Å². The number of piperidine rings is 1. The van der Waals surface area contributed by atoms with E-state index in [1.54, 1.807) is 4.68 Å². The molecule has 0 radical (unpaired) electrons. The average Bonchev–Trinajstić information content (AvgIpc) is 3.25. The second kappa shape index (κ2) is 9.35. The molecule has 1 N–H and O–H groups in total. The van der Waals surface area contributed by atoms with E-state index in [0.717, 1.165) is 28.7 Å². The summed E-state index contributed by atoms with van der Waals surface area (Å²) < 4.78 is 29.4. The van der Waals surface area contributed by atoms with E-state index in [1.807, 2.05) is 44.2 Å². The molecule has 35 heavy (non-hydrogen) atoms. The van der Waals surface area contributed by atoms with Crippen LogP contribution in [-0.4, -0.2) is 50.8 Å². The number of sulfonamides is 1. The topological polar surface area (TPSA) is 114 Å². The van der Waals surface area contributed by atoms with Gasteiger partial charge in [0.05, 0.1) is 12.3 Å². The van der Waals surface area contributed by atoms with Crippen LogP contribution in [-0.2, 0) is 22.3 Å². The molecule has 0 bridgehead atoms. The van der Waals surface area contributed by atoms with Crippen LogP contribution in [0.1, 0.15) is 46.8 Å². The molecule has 0 amide bonds. The first-order valence-corrected chi connectivity index (χ1v) is 13.3. The van der Waals surface area contributed by atoms with Crippen molar-refractivity contribution in [3.63, 3.8) is 0 Å². The van der Waals surface area contributed by atoms with Crippen LogP contribution in [0.25, 0.3) is 11.2 Å². The Kier molecular flexibility index (Phi) is 6.24. The number of nitrogens with zero attached hydrogens (tertiary/aromatic N) is 5. The molecule has 2 aromatic heterocycles. The fourth-order valence-electron chi connectivity index (χ4n) is 4.61. The fourth-order valence-corrected chi connectivity index (χ4v) is 6.22. The Bertz CT molecular complexity index is 1530. The number of fused-ring (bicyclic) bond motifs is 1. The number of H-pyrrole nitrogens is 1. The Morgan fingerprint density at radius 1 is 1.11 bits per heavy atom. The van der Waals surface area contributed by atoms with Crippen molar-refractivity contribution in [2.24, 2.45) is 0 Å². The maximum Gasteiger partial charge on any atom is 0.281 e. The molecule has 182 valence electrons. The number of hydrogen-bond acceptors (Lipinski definition) is 6. The second-order valence-corrected chi connectivity index (χ2v) is 11.2. The maximum atomic E-state index is 13.1. The van der Waals surface area contributed by atoms with Crippen molar-refractivity contribution < 1.29 is 8.42 Å². The lowest BCUT2D eigenvalue weighted by Crippen LogP contribution is -2.40. The van der Waals surface area contributed by atoms with Crippen molar-refractivity contribution in [1.29, 1.82) is 0 Å². The van der Waals surface area contributed by atoms with Crippen molar-refractivity contribution >= 4 is 21.2 Å². The summed E-state index contributed by atoms with van der Waals surface area (Å²) in [4.78, 5) is 20.4. The summed E-state index contributed by atoms with van der Waals surface area (Å²) in [5, 5.41) is 8.24. The predicted molar refractivity (Wildman–Crippen MR) is 134 cm³/mol. The molecule has 1 aliphatic heterocycles. The van der Waals surface area contributed by atoms with Gasteiger partial charge in [0, 0.05) is 19.0 Å². The van der Waals surface area contributed by atoms with Gasteiger partial charge in [-0.15, -0.1) is 5.10 Å². The van der Waals surface area contributed by atoms with E-state index in [9.17, 15) is 13.2 Å². The quantitative estimate of drug-likeness (QED) is 0.443. The summed E-state index contributed by atoms with van der Waals surface area (Å²) in [7, 11) is -3.49. The molecule has 2 aromatic carbocycles. The highest BCUT2D eigenvalue weighted by molar-refractivity contribution is 7.88. The summed E-state index contributed by atoms with van der Waals surface area (Å²) in [5.74, 6) is 0.220. The molecular formula is C25H28N6O3S. The van der Waals surface area contributed by atoms with Gasteiger partial charge in [-0.1, -0.05) is 59.3 Å². The first-order valence-electron chi connectivity index (χ1n) is 11.7. The van der Waals surface area contributed by atoms with Crippen LogP contribution in [0, 0.1) is 13.8 Å². The van der Waals surface area contributed by atoms with Crippen LogP contribution in [0.2, 0.25) is 0 Å². The van der Waals surface area contributed by atoms with Gasteiger partial charge >= 0.3 is 0 Å². The zero-order valence-corrected chi connectivity index (χ0v) is 20.6. The average molecular weight is 493 g/mol. The van der Waals surface area contributed by atoms with E-state index < -0.39 is 10.0 Å². The van der Waals surface area contributed by atoms with Gasteiger partial charge in [0.1, 0.15) is 5.82 Å². The van der Waals surface area contributed by atoms with E-state index >= 15 is 0 Å². The molecule has 1 saturated heterocycles. The minimum absolute atomic E-state index is 0.0456. The van der Waals surface area contributed by atoms with Crippen molar-refractivity contribution in [2.45, 2.75) is 44.9 Å². The number of aromatic amines is 1. The van der Waals surface area contributed by atoms with Crippen LogP contribution < -0.4 is 5.56 Å². The molecule has 9 nitrogen and oxygen atoms in total. The maximum absolute atomic E-state index is 13.1. The summed E-state index contributed by atoms with van der Waals surface area (Å²) >= 11 is 0. The van der Waals surface area contributed by atoms with Gasteiger partial charge in [-0.25, -0.2) is 22.4 Å². The normalized spacial score (nSPS) is 17.1. The molecule has 0 unspecified atom stereocenters. The molecule has 1 fully saturated rings. The van der Waals surface area contributed by atoms with Gasteiger partial charge in [0.2, 0.25) is 10.0 Å². The van der Waals surface area contributed by atoms with Gasteiger partial charge < -0.3 is 4.98 Å². The number of aryl methyl sites for hydroxylation is 2. The molecule has 0 spiro atoms. The van der Waals surface area contributed by atoms with Crippen molar-refractivity contribution in [2.75, 3.05) is 13.1 Å². The Hall–Kier alpha value is -3.37. The highest BCUT2D eigenvalue weighted by atomic mass is 32.2. The lowest BCUT2D eigenvalue weighted by molar-refractivity contribution is 0.309. The molecule has 1 aliphatic rings. The van der Waals surface area contributed by atoms with E-state index in [2.05, 4.69) is 33.5 Å². The van der Waals surface area contributed by atoms with Crippen molar-refractivity contribution in [3.8, 4) is 0 Å². The number of nitrogens with one attached hydrogen (secondary N) is 1. The zero-order chi connectivity index (χ0) is 24.6. The fraction of sp³-hybridized carbons (Fsp3) is 0.360. The summed E-state index contributed by atoms with van der Waals surface area (Å²) in [6.45, 7) is 5.25. The van der Waals surface area contributed by atoms with Crippen LogP contribution >= 0.6 is 0 Å². The Balaban J connectivity index is 1.43. The largest absolute Gasteiger partial charge is 0.308 e. The second-order valence-electron chi connectivity index (χ2n) is 9.24. The standard InChI is InChI=1S/C25H28N6O3S/c1-17-10-11-18(2)21(13-17)15-31-24-22(28-29-31)25(32)27-23(26-24)20-9-6-12-30(14-20)35(33,34)16-19-7-4-3-5-8-19/h3-5,7-8,10-11,13,20H,6,9,12,14-16H2,1-2H3,(H,26,27,32)/t20-/m0/s1.